The van der Waals surface area contributed by atoms with Gasteiger partial charge >= 0.3 is 0 Å². The Labute approximate surface area is 73.1 Å². The standard InChI is InChI=1S/C8H17N3O/c1-2-7(5-9)11-4-3-10-8(12)6-11/h7H,2-6,9H2,1H3,(H,10,12). The summed E-state index contributed by atoms with van der Waals surface area (Å²) < 4.78 is 0. The summed E-state index contributed by atoms with van der Waals surface area (Å²) >= 11 is 0. The molecule has 1 unspecified atom stereocenters. The molecule has 1 rings (SSSR count). The highest BCUT2D eigenvalue weighted by Gasteiger charge is 2.21. The summed E-state index contributed by atoms with van der Waals surface area (Å²) in [5.74, 6) is 0.119. The van der Waals surface area contributed by atoms with E-state index in [-0.39, 0.29) is 5.91 Å². The number of piperazine rings is 1. The molecule has 1 heterocycles. The van der Waals surface area contributed by atoms with Crippen molar-refractivity contribution in [3.63, 3.8) is 0 Å². The molecule has 12 heavy (non-hydrogen) atoms. The van der Waals surface area contributed by atoms with Gasteiger partial charge in [-0.1, -0.05) is 6.92 Å². The van der Waals surface area contributed by atoms with Crippen LogP contribution in [0.2, 0.25) is 0 Å². The van der Waals surface area contributed by atoms with Crippen LogP contribution >= 0.6 is 0 Å². The summed E-state index contributed by atoms with van der Waals surface area (Å²) in [6, 6.07) is 0.371. The summed E-state index contributed by atoms with van der Waals surface area (Å²) in [5.41, 5.74) is 5.59. The quantitative estimate of drug-likeness (QED) is 0.582. The number of nitrogens with one attached hydrogen (secondary N) is 1. The van der Waals surface area contributed by atoms with Gasteiger partial charge in [-0.3, -0.25) is 9.69 Å². The maximum Gasteiger partial charge on any atom is 0.234 e. The van der Waals surface area contributed by atoms with E-state index < -0.39 is 0 Å². The van der Waals surface area contributed by atoms with E-state index in [1.807, 2.05) is 0 Å². The third-order valence-corrected chi connectivity index (χ3v) is 2.33. The predicted octanol–water partition coefficient (Wildman–Crippen LogP) is -0.844. The van der Waals surface area contributed by atoms with Crippen LogP contribution in [0, 0.1) is 0 Å². The van der Waals surface area contributed by atoms with Gasteiger partial charge in [0.15, 0.2) is 0 Å². The lowest BCUT2D eigenvalue weighted by Gasteiger charge is -2.32. The van der Waals surface area contributed by atoms with E-state index in [4.69, 9.17) is 5.73 Å². The van der Waals surface area contributed by atoms with Crippen molar-refractivity contribution >= 4 is 5.91 Å². The number of rotatable bonds is 3. The van der Waals surface area contributed by atoms with Crippen molar-refractivity contribution in [1.82, 2.24) is 10.2 Å². The van der Waals surface area contributed by atoms with Crippen LogP contribution in [0.5, 0.6) is 0 Å². The van der Waals surface area contributed by atoms with Crippen LogP contribution in [0.15, 0.2) is 0 Å². The lowest BCUT2D eigenvalue weighted by Crippen LogP contribution is -2.53. The van der Waals surface area contributed by atoms with Crippen molar-refractivity contribution in [2.24, 2.45) is 5.73 Å². The molecule has 0 aromatic rings. The fourth-order valence-electron chi connectivity index (χ4n) is 1.54. The van der Waals surface area contributed by atoms with E-state index in [1.165, 1.54) is 0 Å². The summed E-state index contributed by atoms with van der Waals surface area (Å²) in [6.07, 6.45) is 1.02. The fraction of sp³-hybridized carbons (Fsp3) is 0.875. The SMILES string of the molecule is CCC(CN)N1CCNC(=O)C1. The molecule has 0 aromatic heterocycles. The normalized spacial score (nSPS) is 22.0. The van der Waals surface area contributed by atoms with Gasteiger partial charge in [-0.15, -0.1) is 0 Å². The van der Waals surface area contributed by atoms with Crippen LogP contribution in [-0.4, -0.2) is 43.0 Å². The molecule has 4 heteroatoms. The zero-order valence-electron chi connectivity index (χ0n) is 7.55. The molecule has 1 aliphatic rings. The molecule has 1 fully saturated rings. The van der Waals surface area contributed by atoms with Gasteiger partial charge in [-0.05, 0) is 6.42 Å². The zero-order valence-corrected chi connectivity index (χ0v) is 7.55. The second kappa shape index (κ2) is 4.42. The van der Waals surface area contributed by atoms with Crippen LogP contribution in [0.25, 0.3) is 0 Å². The first-order chi connectivity index (χ1) is 5.77. The zero-order chi connectivity index (χ0) is 8.97. The molecule has 1 amide bonds. The molecule has 1 atom stereocenters. The Kier molecular flexibility index (Phi) is 3.49. The molecular formula is C8H17N3O. The monoisotopic (exact) mass is 171 g/mol. The molecule has 70 valence electrons. The van der Waals surface area contributed by atoms with Crippen molar-refractivity contribution in [3.05, 3.63) is 0 Å². The average molecular weight is 171 g/mol. The van der Waals surface area contributed by atoms with Crippen molar-refractivity contribution in [2.45, 2.75) is 19.4 Å². The number of hydrogen-bond donors (Lipinski definition) is 2. The summed E-state index contributed by atoms with van der Waals surface area (Å²) in [6.45, 7) is 4.94. The van der Waals surface area contributed by atoms with E-state index in [0.717, 1.165) is 19.5 Å². The molecule has 0 radical (unpaired) electrons. The Balaban J connectivity index is 2.43. The Bertz CT molecular complexity index is 156. The number of nitrogens with zero attached hydrogens (tertiary/aromatic N) is 1. The van der Waals surface area contributed by atoms with Gasteiger partial charge < -0.3 is 11.1 Å². The molecule has 1 saturated heterocycles. The Morgan fingerprint density at radius 3 is 3.00 bits per heavy atom. The molecule has 0 bridgehead atoms. The minimum atomic E-state index is 0.119. The Morgan fingerprint density at radius 2 is 2.50 bits per heavy atom. The highest BCUT2D eigenvalue weighted by molar-refractivity contribution is 5.78. The maximum atomic E-state index is 11.0. The van der Waals surface area contributed by atoms with Gasteiger partial charge in [0.05, 0.1) is 6.54 Å². The molecular weight excluding hydrogens is 154 g/mol. The molecule has 3 N–H and O–H groups in total. The lowest BCUT2D eigenvalue weighted by molar-refractivity contribution is -0.124. The predicted molar refractivity (Wildman–Crippen MR) is 47.7 cm³/mol. The summed E-state index contributed by atoms with van der Waals surface area (Å²) in [7, 11) is 0. The van der Waals surface area contributed by atoms with Crippen LogP contribution in [0.3, 0.4) is 0 Å². The number of nitrogens with two attached hydrogens (primary N) is 1. The van der Waals surface area contributed by atoms with Gasteiger partial charge in [-0.2, -0.15) is 0 Å². The Hall–Kier alpha value is -0.610. The smallest absolute Gasteiger partial charge is 0.234 e. The topological polar surface area (TPSA) is 58.4 Å². The summed E-state index contributed by atoms with van der Waals surface area (Å²) in [4.78, 5) is 13.2. The van der Waals surface area contributed by atoms with Gasteiger partial charge in [0.25, 0.3) is 0 Å². The van der Waals surface area contributed by atoms with Crippen LogP contribution in [0.1, 0.15) is 13.3 Å². The van der Waals surface area contributed by atoms with E-state index >= 15 is 0 Å². The molecule has 0 saturated carbocycles. The van der Waals surface area contributed by atoms with Gasteiger partial charge in [0.1, 0.15) is 0 Å². The highest BCUT2D eigenvalue weighted by Crippen LogP contribution is 2.03. The van der Waals surface area contributed by atoms with E-state index in [2.05, 4.69) is 17.1 Å². The second-order valence-corrected chi connectivity index (χ2v) is 3.12. The molecule has 0 aliphatic carbocycles. The maximum absolute atomic E-state index is 11.0. The molecule has 1 aliphatic heterocycles. The van der Waals surface area contributed by atoms with E-state index in [0.29, 0.717) is 19.1 Å². The van der Waals surface area contributed by atoms with Gasteiger partial charge in [0, 0.05) is 25.7 Å². The third kappa shape index (κ3) is 2.19. The number of amides is 1. The fourth-order valence-corrected chi connectivity index (χ4v) is 1.54. The largest absolute Gasteiger partial charge is 0.354 e. The lowest BCUT2D eigenvalue weighted by atomic mass is 10.1. The minimum absolute atomic E-state index is 0.119. The first-order valence-electron chi connectivity index (χ1n) is 4.48. The molecule has 0 aromatic carbocycles. The van der Waals surface area contributed by atoms with Crippen LogP contribution in [-0.2, 0) is 4.79 Å². The van der Waals surface area contributed by atoms with Crippen molar-refractivity contribution in [2.75, 3.05) is 26.2 Å². The first kappa shape index (κ1) is 9.48. The minimum Gasteiger partial charge on any atom is -0.354 e. The summed E-state index contributed by atoms with van der Waals surface area (Å²) in [5, 5.41) is 2.79. The molecule has 4 nitrogen and oxygen atoms in total. The van der Waals surface area contributed by atoms with E-state index in [1.54, 1.807) is 0 Å². The van der Waals surface area contributed by atoms with Gasteiger partial charge in [-0.25, -0.2) is 0 Å². The number of hydrogen-bond acceptors (Lipinski definition) is 3. The van der Waals surface area contributed by atoms with Crippen molar-refractivity contribution in [1.29, 1.82) is 0 Å². The highest BCUT2D eigenvalue weighted by atomic mass is 16.2. The number of carbonyl (C=O) groups is 1. The average Bonchev–Trinajstić information content (AvgIpc) is 2.07. The molecule has 0 spiro atoms. The second-order valence-electron chi connectivity index (χ2n) is 3.12. The van der Waals surface area contributed by atoms with Gasteiger partial charge in [0.2, 0.25) is 5.91 Å². The third-order valence-electron chi connectivity index (χ3n) is 2.33. The van der Waals surface area contributed by atoms with Crippen molar-refractivity contribution < 1.29 is 4.79 Å². The van der Waals surface area contributed by atoms with Crippen LogP contribution < -0.4 is 11.1 Å². The number of carbonyl (C=O) groups excluding carboxylic acids is 1. The first-order valence-corrected chi connectivity index (χ1v) is 4.48. The Morgan fingerprint density at radius 1 is 1.75 bits per heavy atom. The van der Waals surface area contributed by atoms with E-state index in [9.17, 15) is 4.79 Å². The van der Waals surface area contributed by atoms with Crippen LogP contribution in [0.4, 0.5) is 0 Å². The van der Waals surface area contributed by atoms with Crippen molar-refractivity contribution in [3.8, 4) is 0 Å².